The minimum atomic E-state index is -4.46. The van der Waals surface area contributed by atoms with Crippen LogP contribution in [-0.4, -0.2) is 49.7 Å². The Morgan fingerprint density at radius 2 is 1.81 bits per heavy atom. The van der Waals surface area contributed by atoms with Gasteiger partial charge in [0.2, 0.25) is 0 Å². The second kappa shape index (κ2) is 16.7. The third kappa shape index (κ3) is 10.1. The van der Waals surface area contributed by atoms with Crippen molar-refractivity contribution in [2.24, 2.45) is 4.99 Å². The van der Waals surface area contributed by atoms with E-state index in [1.54, 1.807) is 13.1 Å². The van der Waals surface area contributed by atoms with Crippen LogP contribution in [0.15, 0.2) is 108 Å². The van der Waals surface area contributed by atoms with Gasteiger partial charge in [-0.2, -0.15) is 13.2 Å². The molecule has 3 aromatic rings. The Morgan fingerprint density at radius 1 is 1.11 bits per heavy atom. The number of aromatic nitrogens is 1. The van der Waals surface area contributed by atoms with Gasteiger partial charge in [0, 0.05) is 48.0 Å². The summed E-state index contributed by atoms with van der Waals surface area (Å²) < 4.78 is 67.9. The lowest BCUT2D eigenvalue weighted by atomic mass is 9.90. The van der Waals surface area contributed by atoms with Crippen LogP contribution in [0.1, 0.15) is 35.6 Å². The molecule has 0 spiro atoms. The standard InChI is InChI=1S/C35H35ClF5N5O/c1-6-31(24(13-12-22(3)43-5)18-44-20-35(39,40)41)45-19-27(23-10-8-7-9-11-23)32-15-25(21(2)17-42-4)34(47)33(46-32)26-14-28(36)30(38)16-29(26)37/h7-16,18,21,27,42,44-45,47H,1,3,5,17,19-20H2,2,4H3/b13-12-,24-18+. The van der Waals surface area contributed by atoms with Gasteiger partial charge in [0.1, 0.15) is 29.6 Å². The van der Waals surface area contributed by atoms with Crippen molar-refractivity contribution in [3.63, 3.8) is 0 Å². The van der Waals surface area contributed by atoms with E-state index in [9.17, 15) is 22.7 Å². The topological polar surface area (TPSA) is 81.6 Å². The number of nitrogens with zero attached hydrogens (tertiary/aromatic N) is 2. The monoisotopic (exact) mass is 671 g/mol. The molecule has 0 saturated heterocycles. The lowest BCUT2D eigenvalue weighted by molar-refractivity contribution is -0.122. The highest BCUT2D eigenvalue weighted by Crippen LogP contribution is 2.40. The molecule has 2 unspecified atom stereocenters. The lowest BCUT2D eigenvalue weighted by Crippen LogP contribution is -2.27. The molecule has 6 nitrogen and oxygen atoms in total. The SMILES string of the molecule is C=C=C(NCC(c1ccccc1)c1cc(C(C)CNC)c(O)c(-c2cc(Cl)c(F)cc2F)n1)C(/C=C\C(=C)N=C)=C/NCC(F)(F)F. The first-order valence-corrected chi connectivity index (χ1v) is 14.7. The molecule has 0 bridgehead atoms. The fraction of sp³-hybridized carbons (Fsp3) is 0.229. The molecular formula is C35H35ClF5N5O. The van der Waals surface area contributed by atoms with Crippen molar-refractivity contribution >= 4 is 18.3 Å². The summed E-state index contributed by atoms with van der Waals surface area (Å²) in [6, 6.07) is 12.6. The van der Waals surface area contributed by atoms with Crippen LogP contribution in [0.2, 0.25) is 5.02 Å². The minimum absolute atomic E-state index is 0.108. The predicted molar refractivity (Wildman–Crippen MR) is 178 cm³/mol. The van der Waals surface area contributed by atoms with Gasteiger partial charge in [0.15, 0.2) is 0 Å². The molecular weight excluding hydrogens is 637 g/mol. The summed E-state index contributed by atoms with van der Waals surface area (Å²) in [5, 5.41) is 19.5. The Labute approximate surface area is 275 Å². The second-order valence-electron chi connectivity index (χ2n) is 10.5. The normalized spacial score (nSPS) is 13.1. The molecule has 0 fully saturated rings. The molecule has 12 heteroatoms. The molecule has 248 valence electrons. The van der Waals surface area contributed by atoms with Gasteiger partial charge in [-0.25, -0.2) is 13.8 Å². The van der Waals surface area contributed by atoms with Crippen molar-refractivity contribution in [3.8, 4) is 17.0 Å². The van der Waals surface area contributed by atoms with E-state index in [-0.39, 0.29) is 51.5 Å². The number of nitrogens with one attached hydrogen (secondary N) is 3. The third-order valence-electron chi connectivity index (χ3n) is 7.07. The number of rotatable bonds is 15. The summed E-state index contributed by atoms with van der Waals surface area (Å²) >= 11 is 6.00. The molecule has 3 rings (SSSR count). The maximum Gasteiger partial charge on any atom is 0.405 e. The number of allylic oxidation sites excluding steroid dienone is 2. The Morgan fingerprint density at radius 3 is 2.43 bits per heavy atom. The Kier molecular flexibility index (Phi) is 13.1. The van der Waals surface area contributed by atoms with Crippen LogP contribution < -0.4 is 16.0 Å². The summed E-state index contributed by atoms with van der Waals surface area (Å²) in [6.45, 7) is 12.0. The molecule has 0 aliphatic carbocycles. The third-order valence-corrected chi connectivity index (χ3v) is 7.36. The minimum Gasteiger partial charge on any atom is -0.505 e. The number of alkyl halides is 3. The molecule has 2 aromatic carbocycles. The number of benzene rings is 2. The first-order valence-electron chi connectivity index (χ1n) is 14.4. The molecule has 1 aromatic heterocycles. The van der Waals surface area contributed by atoms with Crippen LogP contribution in [0.25, 0.3) is 11.3 Å². The summed E-state index contributed by atoms with van der Waals surface area (Å²) in [4.78, 5) is 8.37. The van der Waals surface area contributed by atoms with Crippen LogP contribution in [0, 0.1) is 11.6 Å². The van der Waals surface area contributed by atoms with Gasteiger partial charge in [0.25, 0.3) is 0 Å². The average Bonchev–Trinajstić information content (AvgIpc) is 3.03. The number of pyridine rings is 1. The predicted octanol–water partition coefficient (Wildman–Crippen LogP) is 7.91. The second-order valence-corrected chi connectivity index (χ2v) is 10.9. The summed E-state index contributed by atoms with van der Waals surface area (Å²) in [6.07, 6.45) is -0.352. The van der Waals surface area contributed by atoms with E-state index in [1.807, 2.05) is 37.3 Å². The molecule has 0 aliphatic heterocycles. The molecule has 0 radical (unpaired) electrons. The zero-order valence-electron chi connectivity index (χ0n) is 25.9. The van der Waals surface area contributed by atoms with Crippen LogP contribution in [0.3, 0.4) is 0 Å². The largest absolute Gasteiger partial charge is 0.505 e. The van der Waals surface area contributed by atoms with E-state index in [2.05, 4.69) is 51.5 Å². The highest BCUT2D eigenvalue weighted by Gasteiger charge is 2.27. The zero-order valence-corrected chi connectivity index (χ0v) is 26.6. The van der Waals surface area contributed by atoms with E-state index < -0.39 is 30.3 Å². The molecule has 0 aliphatic rings. The zero-order chi connectivity index (χ0) is 34.7. The van der Waals surface area contributed by atoms with Crippen molar-refractivity contribution < 1.29 is 27.1 Å². The number of aliphatic imine (C=N–C) groups is 1. The van der Waals surface area contributed by atoms with Crippen LogP contribution >= 0.6 is 11.6 Å². The quantitative estimate of drug-likeness (QED) is 0.0434. The fourth-order valence-electron chi connectivity index (χ4n) is 4.71. The molecule has 0 saturated carbocycles. The lowest BCUT2D eigenvalue weighted by Gasteiger charge is -2.24. The number of hydrogen-bond acceptors (Lipinski definition) is 6. The fourth-order valence-corrected chi connectivity index (χ4v) is 4.87. The van der Waals surface area contributed by atoms with Gasteiger partial charge in [0.05, 0.1) is 22.1 Å². The molecule has 47 heavy (non-hydrogen) atoms. The first-order chi connectivity index (χ1) is 22.3. The summed E-state index contributed by atoms with van der Waals surface area (Å²) in [5.41, 5.74) is 4.83. The number of aromatic hydroxyl groups is 1. The van der Waals surface area contributed by atoms with Gasteiger partial charge in [-0.1, -0.05) is 62.0 Å². The first kappa shape index (κ1) is 36.8. The van der Waals surface area contributed by atoms with Gasteiger partial charge in [-0.05, 0) is 49.5 Å². The molecule has 1 heterocycles. The highest BCUT2D eigenvalue weighted by atomic mass is 35.5. The van der Waals surface area contributed by atoms with Crippen molar-refractivity contribution in [2.75, 3.05) is 26.7 Å². The van der Waals surface area contributed by atoms with Gasteiger partial charge in [-0.15, -0.1) is 5.73 Å². The highest BCUT2D eigenvalue weighted by molar-refractivity contribution is 6.31. The Bertz CT molecular complexity index is 1700. The van der Waals surface area contributed by atoms with Crippen molar-refractivity contribution in [1.82, 2.24) is 20.9 Å². The van der Waals surface area contributed by atoms with Crippen molar-refractivity contribution in [3.05, 3.63) is 136 Å². The van der Waals surface area contributed by atoms with Crippen molar-refractivity contribution in [1.29, 1.82) is 0 Å². The maximum atomic E-state index is 15.2. The summed E-state index contributed by atoms with van der Waals surface area (Å²) in [7, 11) is 1.75. The molecule has 2 atom stereocenters. The van der Waals surface area contributed by atoms with E-state index >= 15 is 4.39 Å². The number of likely N-dealkylation sites (N-methyl/N-ethyl adjacent to an activating group) is 1. The van der Waals surface area contributed by atoms with Gasteiger partial charge < -0.3 is 21.1 Å². The van der Waals surface area contributed by atoms with Gasteiger partial charge >= 0.3 is 6.18 Å². The number of hydrogen-bond donors (Lipinski definition) is 4. The van der Waals surface area contributed by atoms with Crippen molar-refractivity contribution in [2.45, 2.75) is 24.9 Å². The van der Waals surface area contributed by atoms with E-state index in [0.717, 1.165) is 17.8 Å². The van der Waals surface area contributed by atoms with E-state index in [4.69, 9.17) is 11.6 Å². The Hall–Kier alpha value is -4.70. The number of halogens is 6. The van der Waals surface area contributed by atoms with Crippen LogP contribution in [0.5, 0.6) is 5.75 Å². The van der Waals surface area contributed by atoms with Crippen LogP contribution in [-0.2, 0) is 0 Å². The average molecular weight is 672 g/mol. The molecule has 0 amide bonds. The van der Waals surface area contributed by atoms with E-state index in [0.29, 0.717) is 23.9 Å². The molecule has 4 N–H and O–H groups in total. The summed E-state index contributed by atoms with van der Waals surface area (Å²) in [5.74, 6) is -3.03. The maximum absolute atomic E-state index is 15.2. The Balaban J connectivity index is 2.16. The smallest absolute Gasteiger partial charge is 0.405 e. The van der Waals surface area contributed by atoms with Crippen LogP contribution in [0.4, 0.5) is 22.0 Å². The van der Waals surface area contributed by atoms with E-state index in [1.165, 1.54) is 12.2 Å². The van der Waals surface area contributed by atoms with Gasteiger partial charge in [-0.3, -0.25) is 4.99 Å².